The first kappa shape index (κ1) is 14.3. The van der Waals surface area contributed by atoms with E-state index in [1.165, 1.54) is 6.42 Å². The minimum absolute atomic E-state index is 0.130. The van der Waals surface area contributed by atoms with Gasteiger partial charge in [-0.25, -0.2) is 0 Å². The van der Waals surface area contributed by atoms with Gasteiger partial charge < -0.3 is 13.9 Å². The lowest BCUT2D eigenvalue weighted by atomic mass is 9.95. The van der Waals surface area contributed by atoms with Gasteiger partial charge in [0.1, 0.15) is 17.4 Å². The highest BCUT2D eigenvalue weighted by atomic mass is 16.3. The van der Waals surface area contributed by atoms with Crippen LogP contribution in [0.3, 0.4) is 0 Å². The summed E-state index contributed by atoms with van der Waals surface area (Å²) < 4.78 is 7.75. The summed E-state index contributed by atoms with van der Waals surface area (Å²) in [4.78, 5) is 14.7. The maximum atomic E-state index is 12.7. The number of piperidine rings is 1. The quantitative estimate of drug-likeness (QED) is 0.868. The average molecular weight is 326 g/mol. The lowest BCUT2D eigenvalue weighted by Gasteiger charge is -2.31. The highest BCUT2D eigenvalue weighted by molar-refractivity contribution is 5.83. The molecular formula is C18H22N4O2. The Hall–Kier alpha value is -2.11. The van der Waals surface area contributed by atoms with Crippen molar-refractivity contribution in [3.05, 3.63) is 35.8 Å². The standard InChI is InChI=1S/C18H22N4O2/c23-18(14-11-13(14)15-3-2-10-24-15)21-8-5-12(6-9-21)17-20-19-16-4-1-7-22(16)17/h2-3,10,12-14H,1,4-9,11H2. The van der Waals surface area contributed by atoms with Crippen molar-refractivity contribution in [1.82, 2.24) is 19.7 Å². The Labute approximate surface area is 140 Å². The lowest BCUT2D eigenvalue weighted by molar-refractivity contribution is -0.133. The molecule has 2 aromatic rings. The second kappa shape index (κ2) is 5.46. The Morgan fingerprint density at radius 3 is 2.88 bits per heavy atom. The molecule has 1 saturated heterocycles. The number of furan rings is 1. The molecule has 5 rings (SSSR count). The van der Waals surface area contributed by atoms with E-state index in [4.69, 9.17) is 4.42 Å². The maximum absolute atomic E-state index is 12.7. The first-order valence-electron chi connectivity index (χ1n) is 9.05. The van der Waals surface area contributed by atoms with Crippen LogP contribution in [0.4, 0.5) is 0 Å². The van der Waals surface area contributed by atoms with Crippen molar-refractivity contribution < 1.29 is 9.21 Å². The first-order valence-corrected chi connectivity index (χ1v) is 9.05. The van der Waals surface area contributed by atoms with Crippen LogP contribution < -0.4 is 0 Å². The summed E-state index contributed by atoms with van der Waals surface area (Å²) in [5.74, 6) is 4.43. The number of rotatable bonds is 3. The minimum atomic E-state index is 0.130. The number of nitrogens with zero attached hydrogens (tertiary/aromatic N) is 4. The van der Waals surface area contributed by atoms with Crippen LogP contribution in [0.5, 0.6) is 0 Å². The van der Waals surface area contributed by atoms with Crippen LogP contribution in [0.1, 0.15) is 54.9 Å². The number of likely N-dealkylation sites (tertiary alicyclic amines) is 1. The summed E-state index contributed by atoms with van der Waals surface area (Å²) in [6.07, 6.45) is 6.87. The largest absolute Gasteiger partial charge is 0.469 e. The summed E-state index contributed by atoms with van der Waals surface area (Å²) in [6.45, 7) is 2.74. The van der Waals surface area contributed by atoms with Gasteiger partial charge >= 0.3 is 0 Å². The number of hydrogen-bond donors (Lipinski definition) is 0. The molecule has 0 spiro atoms. The number of amides is 1. The normalized spacial score (nSPS) is 26.6. The van der Waals surface area contributed by atoms with Gasteiger partial charge in [-0.05, 0) is 37.8 Å². The van der Waals surface area contributed by atoms with Crippen LogP contribution >= 0.6 is 0 Å². The molecule has 6 nitrogen and oxygen atoms in total. The SMILES string of the molecule is O=C(C1CC1c1ccco1)N1CCC(c2nnc3n2CCC3)CC1. The zero-order valence-electron chi connectivity index (χ0n) is 13.7. The number of aryl methyl sites for hydroxylation is 1. The summed E-state index contributed by atoms with van der Waals surface area (Å²) in [7, 11) is 0. The van der Waals surface area contributed by atoms with Crippen LogP contribution in [0.15, 0.2) is 22.8 Å². The molecule has 2 aromatic heterocycles. The van der Waals surface area contributed by atoms with Gasteiger partial charge in [0.25, 0.3) is 0 Å². The summed E-state index contributed by atoms with van der Waals surface area (Å²) in [6, 6.07) is 3.88. The molecule has 0 N–H and O–H groups in total. The van der Waals surface area contributed by atoms with Gasteiger partial charge in [0.15, 0.2) is 0 Å². The van der Waals surface area contributed by atoms with Crippen molar-refractivity contribution in [3.8, 4) is 0 Å². The number of carbonyl (C=O) groups excluding carboxylic acids is 1. The van der Waals surface area contributed by atoms with E-state index in [0.717, 1.165) is 62.7 Å². The van der Waals surface area contributed by atoms with Gasteiger partial charge in [-0.1, -0.05) is 0 Å². The van der Waals surface area contributed by atoms with Gasteiger partial charge in [-0.3, -0.25) is 4.79 Å². The van der Waals surface area contributed by atoms with Gasteiger partial charge in [-0.15, -0.1) is 10.2 Å². The van der Waals surface area contributed by atoms with Crippen molar-refractivity contribution in [2.45, 2.75) is 50.5 Å². The van der Waals surface area contributed by atoms with Gasteiger partial charge in [0, 0.05) is 43.8 Å². The molecule has 1 amide bonds. The van der Waals surface area contributed by atoms with Crippen LogP contribution in [0, 0.1) is 5.92 Å². The van der Waals surface area contributed by atoms with E-state index < -0.39 is 0 Å². The van der Waals surface area contributed by atoms with E-state index in [1.54, 1.807) is 6.26 Å². The molecule has 0 bridgehead atoms. The number of aromatic nitrogens is 3. The van der Waals surface area contributed by atoms with Crippen molar-refractivity contribution in [2.24, 2.45) is 5.92 Å². The van der Waals surface area contributed by atoms with Crippen LogP contribution in [0.25, 0.3) is 0 Å². The van der Waals surface area contributed by atoms with Gasteiger partial charge in [0.2, 0.25) is 5.91 Å². The zero-order valence-corrected chi connectivity index (χ0v) is 13.7. The van der Waals surface area contributed by atoms with Crippen LogP contribution in [-0.4, -0.2) is 38.7 Å². The molecule has 0 aromatic carbocycles. The molecule has 4 heterocycles. The number of fused-ring (bicyclic) bond motifs is 1. The highest BCUT2D eigenvalue weighted by Crippen LogP contribution is 2.49. The Kier molecular flexibility index (Phi) is 3.24. The first-order chi connectivity index (χ1) is 11.8. The van der Waals surface area contributed by atoms with E-state index in [0.29, 0.717) is 17.7 Å². The summed E-state index contributed by atoms with van der Waals surface area (Å²) in [5, 5.41) is 8.75. The molecule has 24 heavy (non-hydrogen) atoms. The topological polar surface area (TPSA) is 64.2 Å². The predicted octanol–water partition coefficient (Wildman–Crippen LogP) is 2.33. The fourth-order valence-electron chi connectivity index (χ4n) is 4.35. The van der Waals surface area contributed by atoms with Gasteiger partial charge in [-0.2, -0.15) is 0 Å². The third-order valence-corrected chi connectivity index (χ3v) is 5.83. The average Bonchev–Trinajstić information content (AvgIpc) is 3.02. The predicted molar refractivity (Wildman–Crippen MR) is 86.5 cm³/mol. The fraction of sp³-hybridized carbons (Fsp3) is 0.611. The Balaban J connectivity index is 1.21. The van der Waals surface area contributed by atoms with E-state index in [9.17, 15) is 4.79 Å². The second-order valence-electron chi connectivity index (χ2n) is 7.29. The van der Waals surface area contributed by atoms with Gasteiger partial charge in [0.05, 0.1) is 6.26 Å². The molecule has 2 aliphatic heterocycles. The van der Waals surface area contributed by atoms with E-state index in [2.05, 4.69) is 14.8 Å². The van der Waals surface area contributed by atoms with Crippen LogP contribution in [0.2, 0.25) is 0 Å². The summed E-state index contributed by atoms with van der Waals surface area (Å²) in [5.41, 5.74) is 0. The van der Waals surface area contributed by atoms with Crippen molar-refractivity contribution in [1.29, 1.82) is 0 Å². The molecule has 3 aliphatic rings. The fourth-order valence-corrected chi connectivity index (χ4v) is 4.35. The van der Waals surface area contributed by atoms with E-state index in [1.807, 2.05) is 17.0 Å². The Bertz CT molecular complexity index is 743. The Morgan fingerprint density at radius 2 is 2.08 bits per heavy atom. The molecular weight excluding hydrogens is 304 g/mol. The number of hydrogen-bond acceptors (Lipinski definition) is 4. The third kappa shape index (κ3) is 2.27. The highest BCUT2D eigenvalue weighted by Gasteiger charge is 2.48. The van der Waals surface area contributed by atoms with E-state index in [-0.39, 0.29) is 5.92 Å². The third-order valence-electron chi connectivity index (χ3n) is 5.83. The molecule has 2 atom stereocenters. The maximum Gasteiger partial charge on any atom is 0.226 e. The smallest absolute Gasteiger partial charge is 0.226 e. The number of carbonyl (C=O) groups is 1. The van der Waals surface area contributed by atoms with Crippen molar-refractivity contribution in [2.75, 3.05) is 13.1 Å². The van der Waals surface area contributed by atoms with Crippen molar-refractivity contribution >= 4 is 5.91 Å². The molecule has 2 unspecified atom stereocenters. The monoisotopic (exact) mass is 326 g/mol. The van der Waals surface area contributed by atoms with Crippen LogP contribution in [-0.2, 0) is 17.8 Å². The van der Waals surface area contributed by atoms with E-state index >= 15 is 0 Å². The lowest BCUT2D eigenvalue weighted by Crippen LogP contribution is -2.39. The Morgan fingerprint density at radius 1 is 1.21 bits per heavy atom. The molecule has 1 aliphatic carbocycles. The molecule has 6 heteroatoms. The zero-order chi connectivity index (χ0) is 16.1. The van der Waals surface area contributed by atoms with Crippen molar-refractivity contribution in [3.63, 3.8) is 0 Å². The molecule has 126 valence electrons. The molecule has 1 saturated carbocycles. The molecule has 0 radical (unpaired) electrons. The summed E-state index contributed by atoms with van der Waals surface area (Å²) >= 11 is 0. The minimum Gasteiger partial charge on any atom is -0.469 e. The second-order valence-corrected chi connectivity index (χ2v) is 7.29. The molecule has 2 fully saturated rings.